The third-order valence-corrected chi connectivity index (χ3v) is 4.09. The number of carbonyl (C=O) groups is 1. The molecule has 0 spiro atoms. The van der Waals surface area contributed by atoms with Gasteiger partial charge in [0.15, 0.2) is 5.78 Å². The fourth-order valence-corrected chi connectivity index (χ4v) is 2.93. The topological polar surface area (TPSA) is 30.0 Å². The lowest BCUT2D eigenvalue weighted by molar-refractivity contribution is 0.0996. The van der Waals surface area contributed by atoms with Gasteiger partial charge in [0.1, 0.15) is 0 Å². The predicted octanol–water partition coefficient (Wildman–Crippen LogP) is 3.59. The summed E-state index contributed by atoms with van der Waals surface area (Å²) in [6, 6.07) is 1.83. The Balaban J connectivity index is 2.14. The van der Waals surface area contributed by atoms with Crippen LogP contribution in [0.5, 0.6) is 0 Å². The Morgan fingerprint density at radius 1 is 1.53 bits per heavy atom. The van der Waals surface area contributed by atoms with E-state index in [2.05, 4.69) is 4.98 Å². The van der Waals surface area contributed by atoms with Crippen molar-refractivity contribution in [3.05, 3.63) is 37.4 Å². The van der Waals surface area contributed by atoms with Crippen molar-refractivity contribution in [1.82, 2.24) is 4.98 Å². The van der Waals surface area contributed by atoms with E-state index in [9.17, 15) is 4.79 Å². The number of hydrogen-bond donors (Lipinski definition) is 0. The summed E-state index contributed by atoms with van der Waals surface area (Å²) < 4.78 is 0.721. The van der Waals surface area contributed by atoms with Crippen LogP contribution in [0.25, 0.3) is 0 Å². The summed E-state index contributed by atoms with van der Waals surface area (Å²) in [5.74, 6) is 0.115. The molecule has 0 N–H and O–H groups in total. The molecular formula is C10H8ClNOS2. The number of aromatic nitrogens is 1. The molecule has 0 saturated carbocycles. The van der Waals surface area contributed by atoms with Crippen LogP contribution >= 0.6 is 34.3 Å². The molecule has 0 aliphatic heterocycles. The highest BCUT2D eigenvalue weighted by molar-refractivity contribution is 7.14. The smallest absolute Gasteiger partial charge is 0.179 e. The lowest BCUT2D eigenvalue weighted by Crippen LogP contribution is -2.02. The quantitative estimate of drug-likeness (QED) is 0.787. The molecule has 5 heteroatoms. The van der Waals surface area contributed by atoms with Gasteiger partial charge in [0.05, 0.1) is 20.4 Å². The molecule has 2 rings (SSSR count). The van der Waals surface area contributed by atoms with Crippen LogP contribution in [-0.2, 0) is 6.42 Å². The van der Waals surface area contributed by atoms with E-state index in [1.54, 1.807) is 5.51 Å². The molecule has 15 heavy (non-hydrogen) atoms. The summed E-state index contributed by atoms with van der Waals surface area (Å²) in [6.45, 7) is 1.85. The van der Waals surface area contributed by atoms with Crippen LogP contribution < -0.4 is 0 Å². The minimum Gasteiger partial charge on any atom is -0.293 e. The second-order valence-electron chi connectivity index (χ2n) is 3.13. The monoisotopic (exact) mass is 257 g/mol. The van der Waals surface area contributed by atoms with E-state index in [0.29, 0.717) is 6.42 Å². The molecule has 78 valence electrons. The van der Waals surface area contributed by atoms with E-state index in [1.165, 1.54) is 22.7 Å². The van der Waals surface area contributed by atoms with Crippen LogP contribution in [0.15, 0.2) is 17.0 Å². The Morgan fingerprint density at radius 3 is 2.87 bits per heavy atom. The number of thiazole rings is 1. The highest BCUT2D eigenvalue weighted by atomic mass is 35.5. The van der Waals surface area contributed by atoms with Gasteiger partial charge in [0.2, 0.25) is 0 Å². The van der Waals surface area contributed by atoms with Gasteiger partial charge in [-0.25, -0.2) is 4.98 Å². The Labute approximate surface area is 101 Å². The van der Waals surface area contributed by atoms with Crippen LogP contribution in [-0.4, -0.2) is 10.8 Å². The van der Waals surface area contributed by atoms with Crippen LogP contribution in [0.2, 0.25) is 4.34 Å². The molecule has 0 bridgehead atoms. The lowest BCUT2D eigenvalue weighted by Gasteiger charge is -1.95. The number of thiophene rings is 1. The molecule has 0 radical (unpaired) electrons. The van der Waals surface area contributed by atoms with Crippen molar-refractivity contribution in [3.8, 4) is 0 Å². The summed E-state index contributed by atoms with van der Waals surface area (Å²) in [7, 11) is 0. The Bertz CT molecular complexity index is 489. The Morgan fingerprint density at radius 2 is 2.33 bits per heavy atom. The average Bonchev–Trinajstić information content (AvgIpc) is 2.75. The molecule has 0 unspecified atom stereocenters. The third kappa shape index (κ3) is 2.45. The second kappa shape index (κ2) is 4.43. The summed E-state index contributed by atoms with van der Waals surface area (Å²) in [6.07, 6.45) is 0.409. The molecule has 2 aromatic rings. The number of aryl methyl sites for hydroxylation is 1. The molecule has 0 fully saturated rings. The summed E-state index contributed by atoms with van der Waals surface area (Å²) in [5.41, 5.74) is 3.48. The van der Waals surface area contributed by atoms with Gasteiger partial charge in [0, 0.05) is 6.42 Å². The summed E-state index contributed by atoms with van der Waals surface area (Å²) >= 11 is 8.64. The molecule has 0 saturated heterocycles. The van der Waals surface area contributed by atoms with Gasteiger partial charge in [-0.3, -0.25) is 4.79 Å². The molecule has 0 atom stereocenters. The van der Waals surface area contributed by atoms with Gasteiger partial charge >= 0.3 is 0 Å². The minimum atomic E-state index is 0.115. The normalized spacial score (nSPS) is 10.5. The minimum absolute atomic E-state index is 0.115. The van der Waals surface area contributed by atoms with Gasteiger partial charge in [-0.15, -0.1) is 22.7 Å². The first-order valence-corrected chi connectivity index (χ1v) is 6.46. The number of hydrogen-bond acceptors (Lipinski definition) is 4. The highest BCUT2D eigenvalue weighted by Gasteiger charge is 2.12. The van der Waals surface area contributed by atoms with Crippen molar-refractivity contribution in [1.29, 1.82) is 0 Å². The zero-order valence-electron chi connectivity index (χ0n) is 7.99. The molecule has 2 heterocycles. The van der Waals surface area contributed by atoms with E-state index < -0.39 is 0 Å². The standard InChI is InChI=1S/C10H8ClNOS2/c1-6-10(15-5-12-6)8(13)2-7-3-9(11)14-4-7/h3-5H,2H2,1H3. The van der Waals surface area contributed by atoms with Gasteiger partial charge in [-0.05, 0) is 23.9 Å². The number of rotatable bonds is 3. The first-order chi connectivity index (χ1) is 7.16. The maximum absolute atomic E-state index is 11.8. The van der Waals surface area contributed by atoms with Crippen molar-refractivity contribution in [2.24, 2.45) is 0 Å². The summed E-state index contributed by atoms with van der Waals surface area (Å²) in [4.78, 5) is 16.6. The van der Waals surface area contributed by atoms with E-state index in [-0.39, 0.29) is 5.78 Å². The van der Waals surface area contributed by atoms with E-state index in [0.717, 1.165) is 20.5 Å². The first-order valence-electron chi connectivity index (χ1n) is 4.33. The van der Waals surface area contributed by atoms with Gasteiger partial charge in [-0.1, -0.05) is 11.6 Å². The number of halogens is 1. The Hall–Kier alpha value is -0.710. The van der Waals surface area contributed by atoms with Crippen molar-refractivity contribution >= 4 is 40.1 Å². The number of carbonyl (C=O) groups excluding carboxylic acids is 1. The Kier molecular flexibility index (Phi) is 3.19. The van der Waals surface area contributed by atoms with Crippen LogP contribution in [0, 0.1) is 6.92 Å². The molecule has 0 aliphatic carbocycles. The van der Waals surface area contributed by atoms with E-state index in [4.69, 9.17) is 11.6 Å². The molecular weight excluding hydrogens is 250 g/mol. The van der Waals surface area contributed by atoms with Crippen LogP contribution in [0.3, 0.4) is 0 Å². The zero-order valence-corrected chi connectivity index (χ0v) is 10.4. The van der Waals surface area contributed by atoms with Gasteiger partial charge in [-0.2, -0.15) is 0 Å². The van der Waals surface area contributed by atoms with E-state index in [1.807, 2.05) is 18.4 Å². The lowest BCUT2D eigenvalue weighted by atomic mass is 10.1. The predicted molar refractivity (Wildman–Crippen MR) is 64.2 cm³/mol. The molecule has 2 aromatic heterocycles. The fraction of sp³-hybridized carbons (Fsp3) is 0.200. The molecule has 0 aromatic carbocycles. The maximum atomic E-state index is 11.8. The number of nitrogens with zero attached hydrogens (tertiary/aromatic N) is 1. The molecule has 0 aliphatic rings. The van der Waals surface area contributed by atoms with Crippen LogP contribution in [0.1, 0.15) is 20.9 Å². The number of Topliss-reactive ketones (excluding diaryl/α,β-unsaturated/α-hetero) is 1. The maximum Gasteiger partial charge on any atom is 0.179 e. The summed E-state index contributed by atoms with van der Waals surface area (Å²) in [5, 5.41) is 1.91. The fourth-order valence-electron chi connectivity index (χ4n) is 1.27. The average molecular weight is 258 g/mol. The van der Waals surface area contributed by atoms with Crippen molar-refractivity contribution < 1.29 is 4.79 Å². The first kappa shape index (κ1) is 10.8. The van der Waals surface area contributed by atoms with Crippen molar-refractivity contribution in [2.45, 2.75) is 13.3 Å². The van der Waals surface area contributed by atoms with Crippen molar-refractivity contribution in [2.75, 3.05) is 0 Å². The molecule has 2 nitrogen and oxygen atoms in total. The largest absolute Gasteiger partial charge is 0.293 e. The van der Waals surface area contributed by atoms with Crippen LogP contribution in [0.4, 0.5) is 0 Å². The van der Waals surface area contributed by atoms with Gasteiger partial charge in [0.25, 0.3) is 0 Å². The van der Waals surface area contributed by atoms with Gasteiger partial charge < -0.3 is 0 Å². The highest BCUT2D eigenvalue weighted by Crippen LogP contribution is 2.22. The SMILES string of the molecule is Cc1ncsc1C(=O)Cc1csc(Cl)c1. The second-order valence-corrected chi connectivity index (χ2v) is 5.52. The number of ketones is 1. The third-order valence-electron chi connectivity index (χ3n) is 1.99. The molecule has 0 amide bonds. The van der Waals surface area contributed by atoms with E-state index >= 15 is 0 Å². The zero-order chi connectivity index (χ0) is 10.8. The van der Waals surface area contributed by atoms with Crippen molar-refractivity contribution in [3.63, 3.8) is 0 Å².